The summed E-state index contributed by atoms with van der Waals surface area (Å²) in [6.45, 7) is 2.83. The SMILES string of the molecule is CCCCOc1cccc(NC(=O)CNc2cccc(C(N)=O)c2)c1. The monoisotopic (exact) mass is 341 g/mol. The topological polar surface area (TPSA) is 93.4 Å². The molecule has 132 valence electrons. The summed E-state index contributed by atoms with van der Waals surface area (Å²) in [5.41, 5.74) is 6.96. The van der Waals surface area contributed by atoms with Crippen LogP contribution in [0.15, 0.2) is 48.5 Å². The third-order valence-electron chi connectivity index (χ3n) is 3.48. The Bertz CT molecular complexity index is 731. The average Bonchev–Trinajstić information content (AvgIpc) is 2.61. The normalized spacial score (nSPS) is 10.1. The molecule has 0 aliphatic heterocycles. The molecule has 0 aliphatic rings. The zero-order valence-electron chi connectivity index (χ0n) is 14.2. The molecule has 0 unspecified atom stereocenters. The van der Waals surface area contributed by atoms with Gasteiger partial charge < -0.3 is 21.1 Å². The maximum absolute atomic E-state index is 12.1. The van der Waals surface area contributed by atoms with Crippen molar-refractivity contribution in [1.29, 1.82) is 0 Å². The van der Waals surface area contributed by atoms with E-state index in [0.717, 1.165) is 18.6 Å². The molecule has 6 heteroatoms. The van der Waals surface area contributed by atoms with E-state index < -0.39 is 5.91 Å². The summed E-state index contributed by atoms with van der Waals surface area (Å²) in [5, 5.41) is 5.77. The van der Waals surface area contributed by atoms with Crippen LogP contribution >= 0.6 is 0 Å². The van der Waals surface area contributed by atoms with E-state index in [1.54, 1.807) is 36.4 Å². The predicted molar refractivity (Wildman–Crippen MR) is 98.9 cm³/mol. The van der Waals surface area contributed by atoms with Crippen molar-refractivity contribution in [3.05, 3.63) is 54.1 Å². The number of primary amides is 1. The van der Waals surface area contributed by atoms with Crippen LogP contribution in [0.3, 0.4) is 0 Å². The van der Waals surface area contributed by atoms with E-state index in [9.17, 15) is 9.59 Å². The molecular formula is C19H23N3O3. The molecule has 0 fully saturated rings. The molecule has 0 heterocycles. The van der Waals surface area contributed by atoms with Crippen LogP contribution < -0.4 is 21.1 Å². The maximum atomic E-state index is 12.1. The van der Waals surface area contributed by atoms with Crippen molar-refractivity contribution in [1.82, 2.24) is 0 Å². The number of carbonyl (C=O) groups is 2. The van der Waals surface area contributed by atoms with Gasteiger partial charge in [0.05, 0.1) is 13.2 Å². The maximum Gasteiger partial charge on any atom is 0.248 e. The van der Waals surface area contributed by atoms with Gasteiger partial charge in [-0.15, -0.1) is 0 Å². The van der Waals surface area contributed by atoms with Gasteiger partial charge in [0.25, 0.3) is 0 Å². The number of hydrogen-bond acceptors (Lipinski definition) is 4. The summed E-state index contributed by atoms with van der Waals surface area (Å²) in [6.07, 6.45) is 2.06. The molecule has 2 amide bonds. The number of unbranched alkanes of at least 4 members (excludes halogenated alkanes) is 1. The Morgan fingerprint density at radius 1 is 1.08 bits per heavy atom. The van der Waals surface area contributed by atoms with Crippen molar-refractivity contribution in [2.24, 2.45) is 5.73 Å². The third kappa shape index (κ3) is 6.18. The lowest BCUT2D eigenvalue weighted by Crippen LogP contribution is -2.22. The lowest BCUT2D eigenvalue weighted by Gasteiger charge is -2.10. The molecule has 2 aromatic carbocycles. The van der Waals surface area contributed by atoms with Gasteiger partial charge in [0.1, 0.15) is 5.75 Å². The first-order valence-corrected chi connectivity index (χ1v) is 8.25. The summed E-state index contributed by atoms with van der Waals surface area (Å²) >= 11 is 0. The highest BCUT2D eigenvalue weighted by Gasteiger charge is 2.05. The average molecular weight is 341 g/mol. The van der Waals surface area contributed by atoms with Gasteiger partial charge in [-0.25, -0.2) is 0 Å². The molecular weight excluding hydrogens is 318 g/mol. The number of nitrogens with one attached hydrogen (secondary N) is 2. The minimum atomic E-state index is -0.506. The minimum absolute atomic E-state index is 0.0726. The summed E-state index contributed by atoms with van der Waals surface area (Å²) in [6, 6.07) is 14.0. The van der Waals surface area contributed by atoms with Gasteiger partial charge >= 0.3 is 0 Å². The Morgan fingerprint density at radius 3 is 2.60 bits per heavy atom. The molecule has 4 N–H and O–H groups in total. The number of anilines is 2. The second-order valence-corrected chi connectivity index (χ2v) is 5.58. The van der Waals surface area contributed by atoms with Gasteiger partial charge in [0, 0.05) is 23.0 Å². The quantitative estimate of drug-likeness (QED) is 0.611. The lowest BCUT2D eigenvalue weighted by molar-refractivity contribution is -0.114. The van der Waals surface area contributed by atoms with E-state index in [0.29, 0.717) is 23.5 Å². The smallest absolute Gasteiger partial charge is 0.248 e. The van der Waals surface area contributed by atoms with Crippen LogP contribution in [0.2, 0.25) is 0 Å². The van der Waals surface area contributed by atoms with Crippen molar-refractivity contribution in [3.63, 3.8) is 0 Å². The number of carbonyl (C=O) groups excluding carboxylic acids is 2. The number of nitrogens with two attached hydrogens (primary N) is 1. The number of amides is 2. The minimum Gasteiger partial charge on any atom is -0.494 e. The van der Waals surface area contributed by atoms with Crippen LogP contribution in [-0.4, -0.2) is 25.0 Å². The molecule has 6 nitrogen and oxygen atoms in total. The van der Waals surface area contributed by atoms with Crippen LogP contribution in [0.4, 0.5) is 11.4 Å². The van der Waals surface area contributed by atoms with Crippen LogP contribution in [-0.2, 0) is 4.79 Å². The molecule has 2 rings (SSSR count). The molecule has 0 saturated heterocycles. The van der Waals surface area contributed by atoms with E-state index in [1.807, 2.05) is 12.1 Å². The van der Waals surface area contributed by atoms with Gasteiger partial charge in [-0.05, 0) is 36.8 Å². The zero-order chi connectivity index (χ0) is 18.1. The Labute approximate surface area is 147 Å². The Kier molecular flexibility index (Phi) is 6.83. The Hall–Kier alpha value is -3.02. The van der Waals surface area contributed by atoms with Crippen LogP contribution in [0.1, 0.15) is 30.1 Å². The first-order valence-electron chi connectivity index (χ1n) is 8.25. The summed E-state index contributed by atoms with van der Waals surface area (Å²) < 4.78 is 5.62. The van der Waals surface area contributed by atoms with Crippen molar-refractivity contribution < 1.29 is 14.3 Å². The number of rotatable bonds is 9. The van der Waals surface area contributed by atoms with E-state index in [-0.39, 0.29) is 12.5 Å². The Morgan fingerprint density at radius 2 is 1.84 bits per heavy atom. The highest BCUT2D eigenvalue weighted by molar-refractivity contribution is 5.95. The summed E-state index contributed by atoms with van der Waals surface area (Å²) in [4.78, 5) is 23.2. The Balaban J connectivity index is 1.87. The van der Waals surface area contributed by atoms with Crippen LogP contribution in [0.25, 0.3) is 0 Å². The number of hydrogen-bond donors (Lipinski definition) is 3. The molecule has 0 aromatic heterocycles. The molecule has 0 aliphatic carbocycles. The second kappa shape index (κ2) is 9.32. The molecule has 0 spiro atoms. The van der Waals surface area contributed by atoms with Crippen LogP contribution in [0.5, 0.6) is 5.75 Å². The molecule has 25 heavy (non-hydrogen) atoms. The fourth-order valence-corrected chi connectivity index (χ4v) is 2.17. The van der Waals surface area contributed by atoms with Crippen molar-refractivity contribution in [2.75, 3.05) is 23.8 Å². The van der Waals surface area contributed by atoms with Gasteiger partial charge in [-0.2, -0.15) is 0 Å². The first kappa shape index (κ1) is 18.3. The second-order valence-electron chi connectivity index (χ2n) is 5.58. The highest BCUT2D eigenvalue weighted by Crippen LogP contribution is 2.18. The zero-order valence-corrected chi connectivity index (χ0v) is 14.2. The third-order valence-corrected chi connectivity index (χ3v) is 3.48. The van der Waals surface area contributed by atoms with Crippen molar-refractivity contribution in [3.8, 4) is 5.75 Å². The standard InChI is InChI=1S/C19H23N3O3/c1-2-3-10-25-17-9-5-8-16(12-17)22-18(23)13-21-15-7-4-6-14(11-15)19(20)24/h4-9,11-12,21H,2-3,10,13H2,1H3,(H2,20,24)(H,22,23). The highest BCUT2D eigenvalue weighted by atomic mass is 16.5. The number of ether oxygens (including phenoxy) is 1. The van der Waals surface area contributed by atoms with Crippen molar-refractivity contribution in [2.45, 2.75) is 19.8 Å². The summed E-state index contributed by atoms with van der Waals surface area (Å²) in [7, 11) is 0. The molecule has 2 aromatic rings. The van der Waals surface area contributed by atoms with E-state index in [4.69, 9.17) is 10.5 Å². The largest absolute Gasteiger partial charge is 0.494 e. The van der Waals surface area contributed by atoms with Gasteiger partial charge in [-0.1, -0.05) is 25.5 Å². The van der Waals surface area contributed by atoms with Gasteiger partial charge in [0.2, 0.25) is 11.8 Å². The van der Waals surface area contributed by atoms with Crippen LogP contribution in [0, 0.1) is 0 Å². The fourth-order valence-electron chi connectivity index (χ4n) is 2.17. The van der Waals surface area contributed by atoms with Gasteiger partial charge in [0.15, 0.2) is 0 Å². The first-order chi connectivity index (χ1) is 12.1. The molecule has 0 atom stereocenters. The van der Waals surface area contributed by atoms with E-state index in [1.165, 1.54) is 0 Å². The molecule has 0 bridgehead atoms. The molecule has 0 radical (unpaired) electrons. The van der Waals surface area contributed by atoms with Crippen molar-refractivity contribution >= 4 is 23.2 Å². The summed E-state index contributed by atoms with van der Waals surface area (Å²) in [5.74, 6) is 0.0246. The predicted octanol–water partition coefficient (Wildman–Crippen LogP) is 3.02. The van der Waals surface area contributed by atoms with Gasteiger partial charge in [-0.3, -0.25) is 9.59 Å². The number of benzene rings is 2. The fraction of sp³-hybridized carbons (Fsp3) is 0.263. The lowest BCUT2D eigenvalue weighted by atomic mass is 10.2. The van der Waals surface area contributed by atoms with E-state index in [2.05, 4.69) is 17.6 Å². The van der Waals surface area contributed by atoms with E-state index >= 15 is 0 Å². The molecule has 0 saturated carbocycles.